The van der Waals surface area contributed by atoms with Crippen molar-refractivity contribution < 1.29 is 20.1 Å². The summed E-state index contributed by atoms with van der Waals surface area (Å²) in [6.45, 7) is 0.256. The Kier molecular flexibility index (Phi) is 3.66. The van der Waals surface area contributed by atoms with Gasteiger partial charge in [-0.2, -0.15) is 0 Å². The first-order valence-electron chi connectivity index (χ1n) is 6.41. The van der Waals surface area contributed by atoms with Crippen LogP contribution in [-0.2, 0) is 0 Å². The van der Waals surface area contributed by atoms with Crippen LogP contribution in [0.2, 0.25) is 0 Å². The summed E-state index contributed by atoms with van der Waals surface area (Å²) < 4.78 is 0. The number of aromatic hydroxyl groups is 2. The number of benzene rings is 1. The molecule has 1 aliphatic rings. The predicted molar refractivity (Wildman–Crippen MR) is 70.1 cm³/mol. The number of hydrogen-bond donors (Lipinski definition) is 3. The fourth-order valence-electron chi connectivity index (χ4n) is 2.61. The molecule has 19 heavy (non-hydrogen) atoms. The Hall–Kier alpha value is -1.75. The van der Waals surface area contributed by atoms with Crippen LogP contribution >= 0.6 is 0 Å². The molecule has 0 aliphatic heterocycles. The zero-order valence-corrected chi connectivity index (χ0v) is 11.0. The molecule has 1 amide bonds. The van der Waals surface area contributed by atoms with Crippen molar-refractivity contribution in [2.24, 2.45) is 0 Å². The molecule has 0 saturated heterocycles. The molecule has 104 valence electrons. The smallest absolute Gasteiger partial charge is 0.257 e. The van der Waals surface area contributed by atoms with Crippen molar-refractivity contribution in [3.8, 4) is 11.5 Å². The van der Waals surface area contributed by atoms with Gasteiger partial charge >= 0.3 is 0 Å². The van der Waals surface area contributed by atoms with Crippen molar-refractivity contribution in [1.82, 2.24) is 4.90 Å². The maximum absolute atomic E-state index is 12.2. The van der Waals surface area contributed by atoms with Gasteiger partial charge in [0.2, 0.25) is 0 Å². The standard InChI is InChI=1S/C14H19NO4/c1-15(9-14(19)6-2-3-7-14)13(18)11-5-4-10(16)8-12(11)17/h4-5,8,16-17,19H,2-3,6-7,9H2,1H3. The Morgan fingerprint density at radius 1 is 1.32 bits per heavy atom. The highest BCUT2D eigenvalue weighted by Gasteiger charge is 2.33. The van der Waals surface area contributed by atoms with E-state index in [0.29, 0.717) is 12.8 Å². The number of amides is 1. The van der Waals surface area contributed by atoms with Crippen LogP contribution < -0.4 is 0 Å². The van der Waals surface area contributed by atoms with Gasteiger partial charge in [-0.15, -0.1) is 0 Å². The largest absolute Gasteiger partial charge is 0.508 e. The van der Waals surface area contributed by atoms with E-state index in [4.69, 9.17) is 0 Å². The summed E-state index contributed by atoms with van der Waals surface area (Å²) in [4.78, 5) is 13.6. The molecule has 0 heterocycles. The van der Waals surface area contributed by atoms with Crippen molar-refractivity contribution in [3.63, 3.8) is 0 Å². The Morgan fingerprint density at radius 3 is 2.53 bits per heavy atom. The lowest BCUT2D eigenvalue weighted by Gasteiger charge is -2.28. The fraction of sp³-hybridized carbons (Fsp3) is 0.500. The average Bonchev–Trinajstić information content (AvgIpc) is 2.75. The molecule has 0 bridgehead atoms. The third-order valence-electron chi connectivity index (χ3n) is 3.62. The number of likely N-dealkylation sites (N-methyl/N-ethyl adjacent to an activating group) is 1. The minimum Gasteiger partial charge on any atom is -0.508 e. The summed E-state index contributed by atoms with van der Waals surface area (Å²) in [6.07, 6.45) is 3.35. The van der Waals surface area contributed by atoms with Crippen LogP contribution in [0.1, 0.15) is 36.0 Å². The first-order valence-corrected chi connectivity index (χ1v) is 6.41. The quantitative estimate of drug-likeness (QED) is 0.773. The van der Waals surface area contributed by atoms with E-state index in [1.54, 1.807) is 7.05 Å². The van der Waals surface area contributed by atoms with Crippen LogP contribution in [0.3, 0.4) is 0 Å². The molecule has 1 saturated carbocycles. The van der Waals surface area contributed by atoms with Gasteiger partial charge in [-0.25, -0.2) is 0 Å². The predicted octanol–water partition coefficient (Wildman–Crippen LogP) is 1.47. The topological polar surface area (TPSA) is 81.0 Å². The van der Waals surface area contributed by atoms with Crippen LogP contribution in [0.15, 0.2) is 18.2 Å². The van der Waals surface area contributed by atoms with Gasteiger partial charge in [0.05, 0.1) is 11.2 Å². The van der Waals surface area contributed by atoms with Gasteiger partial charge in [0.15, 0.2) is 0 Å². The van der Waals surface area contributed by atoms with E-state index in [0.717, 1.165) is 18.9 Å². The number of phenolic OH excluding ortho intramolecular Hbond substituents is 2. The van der Waals surface area contributed by atoms with E-state index in [9.17, 15) is 20.1 Å². The molecule has 1 aromatic carbocycles. The molecular weight excluding hydrogens is 246 g/mol. The number of hydrogen-bond acceptors (Lipinski definition) is 4. The van der Waals surface area contributed by atoms with Gasteiger partial charge in [-0.3, -0.25) is 4.79 Å². The van der Waals surface area contributed by atoms with Crippen LogP contribution in [0, 0.1) is 0 Å². The molecule has 1 aromatic rings. The summed E-state index contributed by atoms with van der Waals surface area (Å²) in [5.41, 5.74) is -0.682. The SMILES string of the molecule is CN(CC1(O)CCCC1)C(=O)c1ccc(O)cc1O. The van der Waals surface area contributed by atoms with E-state index in [-0.39, 0.29) is 29.5 Å². The monoisotopic (exact) mass is 265 g/mol. The molecule has 0 spiro atoms. The van der Waals surface area contributed by atoms with Gasteiger partial charge in [0.25, 0.3) is 5.91 Å². The minimum absolute atomic E-state index is 0.0916. The van der Waals surface area contributed by atoms with E-state index in [2.05, 4.69) is 0 Å². The maximum atomic E-state index is 12.2. The summed E-state index contributed by atoms with van der Waals surface area (Å²) >= 11 is 0. The second-order valence-corrected chi connectivity index (χ2v) is 5.29. The molecule has 2 rings (SSSR count). The third kappa shape index (κ3) is 2.98. The van der Waals surface area contributed by atoms with Crippen molar-refractivity contribution in [1.29, 1.82) is 0 Å². The molecule has 0 atom stereocenters. The van der Waals surface area contributed by atoms with E-state index < -0.39 is 5.60 Å². The summed E-state index contributed by atoms with van der Waals surface area (Å²) in [7, 11) is 1.60. The number of rotatable bonds is 3. The van der Waals surface area contributed by atoms with Gasteiger partial charge in [-0.05, 0) is 25.0 Å². The first kappa shape index (κ1) is 13.7. The Labute approximate surface area is 112 Å². The van der Waals surface area contributed by atoms with Crippen LogP contribution in [-0.4, -0.2) is 45.3 Å². The first-order chi connectivity index (χ1) is 8.91. The molecule has 3 N–H and O–H groups in total. The average molecular weight is 265 g/mol. The highest BCUT2D eigenvalue weighted by Crippen LogP contribution is 2.31. The van der Waals surface area contributed by atoms with Gasteiger partial charge in [0, 0.05) is 19.7 Å². The lowest BCUT2D eigenvalue weighted by Crippen LogP contribution is -2.42. The minimum atomic E-state index is -0.809. The lowest BCUT2D eigenvalue weighted by molar-refractivity contribution is 0.0155. The van der Waals surface area contributed by atoms with Crippen LogP contribution in [0.5, 0.6) is 11.5 Å². The van der Waals surface area contributed by atoms with Crippen molar-refractivity contribution in [2.75, 3.05) is 13.6 Å². The Bertz CT molecular complexity index is 480. The molecule has 5 nitrogen and oxygen atoms in total. The van der Waals surface area contributed by atoms with Crippen molar-refractivity contribution in [2.45, 2.75) is 31.3 Å². The van der Waals surface area contributed by atoms with Crippen molar-refractivity contribution in [3.05, 3.63) is 23.8 Å². The van der Waals surface area contributed by atoms with Crippen LogP contribution in [0.4, 0.5) is 0 Å². The molecule has 0 unspecified atom stereocenters. The van der Waals surface area contributed by atoms with Gasteiger partial charge in [0.1, 0.15) is 11.5 Å². The summed E-state index contributed by atoms with van der Waals surface area (Å²) in [5.74, 6) is -0.709. The Balaban J connectivity index is 2.10. The number of aliphatic hydroxyl groups is 1. The normalized spacial score (nSPS) is 17.4. The molecule has 5 heteroatoms. The van der Waals surface area contributed by atoms with E-state index in [1.807, 2.05) is 0 Å². The fourth-order valence-corrected chi connectivity index (χ4v) is 2.61. The summed E-state index contributed by atoms with van der Waals surface area (Å²) in [6, 6.07) is 3.86. The molecule has 0 aromatic heterocycles. The zero-order valence-electron chi connectivity index (χ0n) is 11.0. The lowest BCUT2D eigenvalue weighted by atomic mass is 10.0. The van der Waals surface area contributed by atoms with Crippen LogP contribution in [0.25, 0.3) is 0 Å². The second kappa shape index (κ2) is 5.09. The van der Waals surface area contributed by atoms with E-state index in [1.165, 1.54) is 17.0 Å². The number of nitrogens with zero attached hydrogens (tertiary/aromatic N) is 1. The number of phenols is 2. The Morgan fingerprint density at radius 2 is 1.95 bits per heavy atom. The maximum Gasteiger partial charge on any atom is 0.257 e. The summed E-state index contributed by atoms with van der Waals surface area (Å²) in [5, 5.41) is 29.1. The highest BCUT2D eigenvalue weighted by molar-refractivity contribution is 5.96. The van der Waals surface area contributed by atoms with Gasteiger partial charge in [-0.1, -0.05) is 12.8 Å². The molecular formula is C14H19NO4. The zero-order chi connectivity index (χ0) is 14.0. The van der Waals surface area contributed by atoms with Crippen molar-refractivity contribution >= 4 is 5.91 Å². The molecule has 0 radical (unpaired) electrons. The highest BCUT2D eigenvalue weighted by atomic mass is 16.3. The van der Waals surface area contributed by atoms with E-state index >= 15 is 0 Å². The number of carbonyl (C=O) groups excluding carboxylic acids is 1. The second-order valence-electron chi connectivity index (χ2n) is 5.29. The molecule has 1 aliphatic carbocycles. The third-order valence-corrected chi connectivity index (χ3v) is 3.62. The number of carbonyl (C=O) groups is 1. The molecule has 1 fully saturated rings. The van der Waals surface area contributed by atoms with Gasteiger partial charge < -0.3 is 20.2 Å².